The van der Waals surface area contributed by atoms with Crippen LogP contribution in [0.4, 0.5) is 24.5 Å². The summed E-state index contributed by atoms with van der Waals surface area (Å²) in [5.41, 5.74) is 3.25. The fourth-order valence-corrected chi connectivity index (χ4v) is 21.5. The van der Waals surface area contributed by atoms with Crippen LogP contribution in [0.3, 0.4) is 0 Å². The molecule has 5 aliphatic carbocycles. The first-order chi connectivity index (χ1) is 42.7. The Labute approximate surface area is 529 Å². The van der Waals surface area contributed by atoms with Gasteiger partial charge in [-0.1, -0.05) is 198 Å². The van der Waals surface area contributed by atoms with E-state index in [1.165, 1.54) is 84.8 Å². The summed E-state index contributed by atoms with van der Waals surface area (Å²) in [7, 11) is -1.07. The van der Waals surface area contributed by atoms with Gasteiger partial charge in [0.15, 0.2) is 11.3 Å². The highest BCUT2D eigenvalue weighted by Crippen LogP contribution is 2.63. The van der Waals surface area contributed by atoms with Crippen LogP contribution in [0.1, 0.15) is 114 Å². The van der Waals surface area contributed by atoms with Gasteiger partial charge in [0.05, 0.1) is 13.7 Å². The summed E-state index contributed by atoms with van der Waals surface area (Å²) in [5, 5.41) is 32.6. The summed E-state index contributed by atoms with van der Waals surface area (Å²) in [5.74, 6) is 2.57. The fraction of sp³-hybridized carbons (Fsp3) is 0.338. The monoisotopic (exact) mass is 1220 g/mol. The molecule has 4 saturated carbocycles. The van der Waals surface area contributed by atoms with Crippen molar-refractivity contribution in [3.8, 4) is 24.0 Å². The lowest BCUT2D eigenvalue weighted by molar-refractivity contribution is -0.249. The Morgan fingerprint density at radius 3 is 1.83 bits per heavy atom. The number of ether oxygens (including phenoxy) is 2. The number of methoxy groups -OCH3 is 1. The topological polar surface area (TPSA) is 102 Å². The van der Waals surface area contributed by atoms with Gasteiger partial charge in [-0.15, -0.1) is 0 Å². The highest BCUT2D eigenvalue weighted by molar-refractivity contribution is 8.03. The zero-order valence-electron chi connectivity index (χ0n) is 52.2. The first-order valence-corrected chi connectivity index (χ1v) is 33.7. The van der Waals surface area contributed by atoms with E-state index in [-0.39, 0.29) is 21.4 Å². The summed E-state index contributed by atoms with van der Waals surface area (Å²) in [6, 6.07) is 55.7. The van der Waals surface area contributed by atoms with Gasteiger partial charge >= 0.3 is 6.18 Å². The molecule has 0 radical (unpaired) electrons. The first-order valence-electron chi connectivity index (χ1n) is 31.0. The second-order valence-corrected chi connectivity index (χ2v) is 32.2. The number of nitriles is 3. The van der Waals surface area contributed by atoms with Crippen LogP contribution in [-0.2, 0) is 20.2 Å². The van der Waals surface area contributed by atoms with Crippen molar-refractivity contribution in [3.63, 3.8) is 0 Å². The summed E-state index contributed by atoms with van der Waals surface area (Å²) < 4.78 is 67.1. The lowest BCUT2D eigenvalue weighted by Crippen LogP contribution is -2.67. The molecule has 1 unspecified atom stereocenters. The second-order valence-electron chi connectivity index (χ2n) is 26.9. The molecule has 454 valence electrons. The van der Waals surface area contributed by atoms with E-state index in [9.17, 15) is 15.8 Å². The third-order valence-electron chi connectivity index (χ3n) is 19.2. The number of aryl methyl sites for hydroxylation is 2. The number of anilines is 2. The van der Waals surface area contributed by atoms with E-state index in [0.717, 1.165) is 78.9 Å². The Morgan fingerprint density at radius 2 is 1.29 bits per heavy atom. The zero-order chi connectivity index (χ0) is 62.9. The van der Waals surface area contributed by atoms with Gasteiger partial charge in [-0.2, -0.15) is 29.0 Å². The van der Waals surface area contributed by atoms with Crippen molar-refractivity contribution in [1.82, 2.24) is 0 Å². The highest BCUT2D eigenvalue weighted by Gasteiger charge is 2.65. The highest BCUT2D eigenvalue weighted by atomic mass is 32.2. The van der Waals surface area contributed by atoms with Gasteiger partial charge in [0.2, 0.25) is 0 Å². The van der Waals surface area contributed by atoms with Crippen molar-refractivity contribution in [2.75, 3.05) is 25.2 Å². The van der Waals surface area contributed by atoms with Crippen molar-refractivity contribution in [2.45, 2.75) is 127 Å². The predicted molar refractivity (Wildman–Crippen MR) is 354 cm³/mol. The molecule has 6 aromatic rings. The minimum atomic E-state index is -5.11. The fourth-order valence-electron chi connectivity index (χ4n) is 15.8. The van der Waals surface area contributed by atoms with E-state index in [4.69, 9.17) is 13.9 Å². The maximum Gasteiger partial charge on any atom is 0.437 e. The molecular weight excluding hydrogens is 1150 g/mol. The number of thioether (sulfide) groups is 1. The number of hydrogen-bond donors (Lipinski definition) is 0. The lowest BCUT2D eigenvalue weighted by Gasteiger charge is -2.57. The molecule has 1 heterocycles. The van der Waals surface area contributed by atoms with Gasteiger partial charge in [-0.25, -0.2) is 0 Å². The molecule has 0 spiro atoms. The quantitative estimate of drug-likeness (QED) is 0.0657. The van der Waals surface area contributed by atoms with Gasteiger partial charge in [-0.05, 0) is 167 Å². The van der Waals surface area contributed by atoms with Crippen molar-refractivity contribution in [2.24, 2.45) is 23.2 Å². The number of rotatable bonds is 17. The van der Waals surface area contributed by atoms with Crippen LogP contribution in [0.2, 0.25) is 5.04 Å². The van der Waals surface area contributed by atoms with Gasteiger partial charge in [0.1, 0.15) is 29.5 Å². The van der Waals surface area contributed by atoms with Crippen LogP contribution >= 0.6 is 11.8 Å². The normalized spacial score (nSPS) is 22.8. The van der Waals surface area contributed by atoms with E-state index in [1.54, 1.807) is 36.0 Å². The summed E-state index contributed by atoms with van der Waals surface area (Å²) in [6.45, 7) is 16.6. The van der Waals surface area contributed by atoms with Crippen molar-refractivity contribution < 1.29 is 27.1 Å². The first kappa shape index (κ1) is 62.6. The Kier molecular flexibility index (Phi) is 17.6. The summed E-state index contributed by atoms with van der Waals surface area (Å²) in [4.78, 5) is 4.50. The third kappa shape index (κ3) is 12.0. The molecule has 0 aromatic heterocycles. The maximum atomic E-state index is 15.8. The van der Waals surface area contributed by atoms with Crippen LogP contribution in [-0.4, -0.2) is 34.8 Å². The van der Waals surface area contributed by atoms with Crippen molar-refractivity contribution in [3.05, 3.63) is 242 Å². The molecule has 0 saturated heterocycles. The van der Waals surface area contributed by atoms with Gasteiger partial charge in [-0.3, -0.25) is 0 Å². The van der Waals surface area contributed by atoms with Crippen molar-refractivity contribution >= 4 is 47.9 Å². The van der Waals surface area contributed by atoms with Crippen LogP contribution in [0.15, 0.2) is 219 Å². The second kappa shape index (κ2) is 25.1. The largest absolute Gasteiger partial charge is 0.496 e. The minimum Gasteiger partial charge on any atom is -0.496 e. The lowest BCUT2D eigenvalue weighted by atomic mass is 9.48. The average Bonchev–Trinajstić information content (AvgIpc) is 1.73. The van der Waals surface area contributed by atoms with E-state index in [2.05, 4.69) is 181 Å². The standard InChI is InChI=1S/C77H77F3N4O3SSi/c1-52-20-18-21-53(2)71(52)88-72-58(22-19-29-67-66(51-83)70(60(49-81)50-82)87-76(67,77(78,79)80)61-23-12-9-13-24-61)47-74(6,7)48-59(72)33-30-54-31-34-62(35-32-54)84(38-39-86-89(73(3,4)5,64-25-14-10-15-26-64)65-27-16-11-17-28-65)63-36-37-69(85-8)68(43-63)75-44-55-40-56(45-75)42-57(41-55)46-75/h9-37,43,55-57H,38-42,44-48H2,1-8H3/b29-19+,33-30+,58-22+. The van der Waals surface area contributed by atoms with E-state index >= 15 is 13.2 Å². The predicted octanol–water partition coefficient (Wildman–Crippen LogP) is 18.5. The Hall–Kier alpha value is -8.05. The molecule has 1 atom stereocenters. The van der Waals surface area contributed by atoms with E-state index in [1.807, 2.05) is 25.3 Å². The number of halogens is 3. The summed E-state index contributed by atoms with van der Waals surface area (Å²) in [6.07, 6.45) is 12.9. The molecule has 1 aliphatic heterocycles. The molecule has 12 rings (SSSR count). The molecule has 0 amide bonds. The molecule has 12 heteroatoms. The number of alkyl halides is 3. The van der Waals surface area contributed by atoms with Crippen LogP contribution in [0.25, 0.3) is 6.08 Å². The van der Waals surface area contributed by atoms with Crippen LogP contribution in [0.5, 0.6) is 5.75 Å². The number of allylic oxidation sites excluding steroid dienone is 7. The Balaban J connectivity index is 0.986. The molecule has 89 heavy (non-hydrogen) atoms. The van der Waals surface area contributed by atoms with Gasteiger partial charge in [0, 0.05) is 44.4 Å². The Morgan fingerprint density at radius 1 is 0.719 bits per heavy atom. The molecule has 7 nitrogen and oxygen atoms in total. The number of benzene rings is 6. The zero-order valence-corrected chi connectivity index (χ0v) is 54.0. The number of nitrogens with zero attached hydrogens (tertiary/aromatic N) is 4. The Bertz CT molecular complexity index is 3860. The van der Waals surface area contributed by atoms with Gasteiger partial charge in [0.25, 0.3) is 13.9 Å². The SMILES string of the molecule is COc1ccc(N(CCO[Si](c2ccccc2)(c2ccccc2)C(C)(C)C)c2ccc(/C=C/C3=C(Sc4c(C)cccc4C)C(=C/C=C/C4=C(C#N)C(=C(C#N)C#N)OC4(c4ccccc4)C(F)(F)F)/CC(C)(C)C3)cc2)cc1C12CC3CC(CC(C3)C1)C2. The average molecular weight is 1220 g/mol. The van der Waals surface area contributed by atoms with Gasteiger partial charge < -0.3 is 18.8 Å². The van der Waals surface area contributed by atoms with E-state index in [0.29, 0.717) is 19.6 Å². The molecule has 0 N–H and O–H groups in total. The molecule has 4 fully saturated rings. The molecular formula is C77H77F3N4O3SSi. The van der Waals surface area contributed by atoms with Crippen LogP contribution in [0, 0.1) is 71.0 Å². The van der Waals surface area contributed by atoms with Crippen molar-refractivity contribution in [1.29, 1.82) is 15.8 Å². The van der Waals surface area contributed by atoms with Crippen LogP contribution < -0.4 is 20.0 Å². The molecule has 4 bridgehead atoms. The summed E-state index contributed by atoms with van der Waals surface area (Å²) >= 11 is 1.65. The molecule has 6 aliphatic rings. The number of hydrogen-bond acceptors (Lipinski definition) is 8. The minimum absolute atomic E-state index is 0.0959. The van der Waals surface area contributed by atoms with E-state index < -0.39 is 42.6 Å². The maximum absolute atomic E-state index is 15.8. The smallest absolute Gasteiger partial charge is 0.437 e. The molecule has 6 aromatic carbocycles. The third-order valence-corrected chi connectivity index (χ3v) is 25.8.